The van der Waals surface area contributed by atoms with E-state index < -0.39 is 5.82 Å². The Morgan fingerprint density at radius 3 is 3.00 bits per heavy atom. The van der Waals surface area contributed by atoms with Gasteiger partial charge >= 0.3 is 0 Å². The molecule has 1 aromatic heterocycles. The van der Waals surface area contributed by atoms with E-state index in [0.717, 1.165) is 0 Å². The number of hydrogen-bond donors (Lipinski definition) is 1. The fraction of sp³-hybridized carbons (Fsp3) is 0.231. The van der Waals surface area contributed by atoms with Crippen molar-refractivity contribution >= 4 is 0 Å². The lowest BCUT2D eigenvalue weighted by atomic mass is 10.2. The van der Waals surface area contributed by atoms with Gasteiger partial charge in [-0.3, -0.25) is 4.68 Å². The number of rotatable bonds is 3. The standard InChI is InChI=1S/C13H12FN3O2/c1-17-13(15-9-16-17)8-19-12-7-10(3-2-6-18)4-5-11(12)14/h4-5,7,9,18H,6,8H2,1H3. The van der Waals surface area contributed by atoms with Crippen LogP contribution in [-0.4, -0.2) is 26.5 Å². The minimum Gasteiger partial charge on any atom is -0.483 e. The molecule has 0 aliphatic heterocycles. The summed E-state index contributed by atoms with van der Waals surface area (Å²) in [5.41, 5.74) is 0.573. The van der Waals surface area contributed by atoms with Gasteiger partial charge < -0.3 is 9.84 Å². The molecule has 0 amide bonds. The molecule has 6 heteroatoms. The van der Waals surface area contributed by atoms with Gasteiger partial charge in [0.25, 0.3) is 0 Å². The lowest BCUT2D eigenvalue weighted by Crippen LogP contribution is -2.05. The summed E-state index contributed by atoms with van der Waals surface area (Å²) in [4.78, 5) is 3.98. The molecule has 0 unspecified atom stereocenters. The van der Waals surface area contributed by atoms with E-state index in [-0.39, 0.29) is 19.0 Å². The highest BCUT2D eigenvalue weighted by Gasteiger charge is 2.07. The van der Waals surface area contributed by atoms with Gasteiger partial charge in [-0.15, -0.1) is 0 Å². The highest BCUT2D eigenvalue weighted by molar-refractivity contribution is 5.40. The number of ether oxygens (including phenoxy) is 1. The van der Waals surface area contributed by atoms with Crippen LogP contribution in [0.15, 0.2) is 24.5 Å². The molecule has 0 aliphatic carbocycles. The van der Waals surface area contributed by atoms with E-state index in [2.05, 4.69) is 21.9 Å². The van der Waals surface area contributed by atoms with Crippen molar-refractivity contribution in [2.75, 3.05) is 6.61 Å². The molecule has 2 aromatic rings. The summed E-state index contributed by atoms with van der Waals surface area (Å²) in [6, 6.07) is 4.27. The van der Waals surface area contributed by atoms with E-state index in [9.17, 15) is 4.39 Å². The third-order valence-electron chi connectivity index (χ3n) is 2.40. The van der Waals surface area contributed by atoms with Gasteiger partial charge in [-0.1, -0.05) is 11.8 Å². The number of aromatic nitrogens is 3. The first kappa shape index (κ1) is 13.1. The molecule has 98 valence electrons. The third kappa shape index (κ3) is 3.30. The maximum atomic E-state index is 13.6. The van der Waals surface area contributed by atoms with Crippen LogP contribution in [-0.2, 0) is 13.7 Å². The SMILES string of the molecule is Cn1ncnc1COc1cc(C#CCO)ccc1F. The zero-order chi connectivity index (χ0) is 13.7. The maximum Gasteiger partial charge on any atom is 0.165 e. The zero-order valence-corrected chi connectivity index (χ0v) is 10.3. The Kier molecular flexibility index (Phi) is 4.11. The monoisotopic (exact) mass is 261 g/mol. The molecule has 0 atom stereocenters. The number of aliphatic hydroxyl groups excluding tert-OH is 1. The second kappa shape index (κ2) is 5.98. The molecule has 0 bridgehead atoms. The Bertz CT molecular complexity index is 628. The molecule has 0 aliphatic rings. The first-order valence-electron chi connectivity index (χ1n) is 5.55. The summed E-state index contributed by atoms with van der Waals surface area (Å²) in [6.45, 7) is -0.128. The number of aryl methyl sites for hydroxylation is 1. The van der Waals surface area contributed by atoms with Crippen LogP contribution in [0.3, 0.4) is 0 Å². The topological polar surface area (TPSA) is 60.2 Å². The molecule has 2 rings (SSSR count). The van der Waals surface area contributed by atoms with Crippen molar-refractivity contribution in [1.29, 1.82) is 0 Å². The number of aliphatic hydroxyl groups is 1. The van der Waals surface area contributed by atoms with Crippen molar-refractivity contribution in [3.63, 3.8) is 0 Å². The van der Waals surface area contributed by atoms with Crippen molar-refractivity contribution in [2.24, 2.45) is 7.05 Å². The third-order valence-corrected chi connectivity index (χ3v) is 2.40. The lowest BCUT2D eigenvalue weighted by molar-refractivity contribution is 0.275. The molecule has 0 radical (unpaired) electrons. The normalized spacial score (nSPS) is 9.84. The maximum absolute atomic E-state index is 13.6. The van der Waals surface area contributed by atoms with E-state index in [1.807, 2.05) is 0 Å². The van der Waals surface area contributed by atoms with Gasteiger partial charge in [0.05, 0.1) is 0 Å². The van der Waals surface area contributed by atoms with Crippen LogP contribution in [0, 0.1) is 17.7 Å². The van der Waals surface area contributed by atoms with Gasteiger partial charge in [0.2, 0.25) is 0 Å². The van der Waals surface area contributed by atoms with Gasteiger partial charge in [-0.05, 0) is 18.2 Å². The number of benzene rings is 1. The quantitative estimate of drug-likeness (QED) is 0.833. The molecule has 0 fully saturated rings. The summed E-state index contributed by atoms with van der Waals surface area (Å²) in [5.74, 6) is 5.38. The van der Waals surface area contributed by atoms with Crippen LogP contribution in [0.1, 0.15) is 11.4 Å². The average Bonchev–Trinajstić information content (AvgIpc) is 2.82. The Morgan fingerprint density at radius 1 is 1.47 bits per heavy atom. The average molecular weight is 261 g/mol. The second-order valence-corrected chi connectivity index (χ2v) is 3.69. The van der Waals surface area contributed by atoms with Crippen LogP contribution < -0.4 is 4.74 Å². The second-order valence-electron chi connectivity index (χ2n) is 3.69. The van der Waals surface area contributed by atoms with E-state index in [1.165, 1.54) is 24.5 Å². The van der Waals surface area contributed by atoms with Crippen molar-refractivity contribution in [2.45, 2.75) is 6.61 Å². The minimum atomic E-state index is -0.475. The van der Waals surface area contributed by atoms with E-state index in [4.69, 9.17) is 9.84 Å². The summed E-state index contributed by atoms with van der Waals surface area (Å²) in [6.07, 6.45) is 1.40. The Labute approximate surface area is 109 Å². The van der Waals surface area contributed by atoms with E-state index in [1.54, 1.807) is 11.7 Å². The fourth-order valence-electron chi connectivity index (χ4n) is 1.43. The summed E-state index contributed by atoms with van der Waals surface area (Å²) in [7, 11) is 1.73. The summed E-state index contributed by atoms with van der Waals surface area (Å²) in [5, 5.41) is 12.5. The van der Waals surface area contributed by atoms with Gasteiger partial charge in [-0.2, -0.15) is 5.10 Å². The van der Waals surface area contributed by atoms with Crippen LogP contribution in [0.2, 0.25) is 0 Å². The number of hydrogen-bond acceptors (Lipinski definition) is 4. The first-order chi connectivity index (χ1) is 9.20. The smallest absolute Gasteiger partial charge is 0.165 e. The molecule has 1 N–H and O–H groups in total. The molecule has 0 saturated heterocycles. The Morgan fingerprint density at radius 2 is 2.32 bits per heavy atom. The molecule has 19 heavy (non-hydrogen) atoms. The van der Waals surface area contributed by atoms with Gasteiger partial charge in [0.15, 0.2) is 17.4 Å². The van der Waals surface area contributed by atoms with Gasteiger partial charge in [-0.25, -0.2) is 9.37 Å². The Balaban J connectivity index is 2.13. The highest BCUT2D eigenvalue weighted by atomic mass is 19.1. The van der Waals surface area contributed by atoms with Crippen molar-refractivity contribution in [3.8, 4) is 17.6 Å². The van der Waals surface area contributed by atoms with Crippen molar-refractivity contribution in [3.05, 3.63) is 41.7 Å². The largest absolute Gasteiger partial charge is 0.483 e. The molecular weight excluding hydrogens is 249 g/mol. The summed E-state index contributed by atoms with van der Waals surface area (Å²) < 4.78 is 20.5. The molecule has 5 nitrogen and oxygen atoms in total. The van der Waals surface area contributed by atoms with Gasteiger partial charge in [0, 0.05) is 12.6 Å². The van der Waals surface area contributed by atoms with Crippen LogP contribution in [0.25, 0.3) is 0 Å². The molecule has 0 saturated carbocycles. The summed E-state index contributed by atoms with van der Waals surface area (Å²) >= 11 is 0. The predicted molar refractivity (Wildman–Crippen MR) is 65.7 cm³/mol. The number of nitrogens with zero attached hydrogens (tertiary/aromatic N) is 3. The van der Waals surface area contributed by atoms with E-state index >= 15 is 0 Å². The fourth-order valence-corrected chi connectivity index (χ4v) is 1.43. The Hall–Kier alpha value is -2.39. The van der Waals surface area contributed by atoms with Crippen molar-refractivity contribution in [1.82, 2.24) is 14.8 Å². The lowest BCUT2D eigenvalue weighted by Gasteiger charge is -2.07. The molecule has 1 aromatic carbocycles. The van der Waals surface area contributed by atoms with E-state index in [0.29, 0.717) is 11.4 Å². The highest BCUT2D eigenvalue weighted by Crippen LogP contribution is 2.19. The molecule has 0 spiro atoms. The zero-order valence-electron chi connectivity index (χ0n) is 10.3. The van der Waals surface area contributed by atoms with Crippen molar-refractivity contribution < 1.29 is 14.2 Å². The van der Waals surface area contributed by atoms with Crippen LogP contribution in [0.5, 0.6) is 5.75 Å². The minimum absolute atomic E-state index is 0.0905. The number of halogens is 1. The predicted octanol–water partition coefficient (Wildman–Crippen LogP) is 0.877. The molecular formula is C13H12FN3O2. The molecule has 1 heterocycles. The van der Waals surface area contributed by atoms with Crippen LogP contribution >= 0.6 is 0 Å². The van der Waals surface area contributed by atoms with Gasteiger partial charge in [0.1, 0.15) is 19.5 Å². The first-order valence-corrected chi connectivity index (χ1v) is 5.55. The van der Waals surface area contributed by atoms with Crippen LogP contribution in [0.4, 0.5) is 4.39 Å².